The van der Waals surface area contributed by atoms with E-state index in [9.17, 15) is 0 Å². The van der Waals surface area contributed by atoms with Gasteiger partial charge >= 0.3 is 0 Å². The molecule has 0 aliphatic rings. The molecule has 0 aromatic heterocycles. The van der Waals surface area contributed by atoms with Crippen molar-refractivity contribution in [2.24, 2.45) is 5.92 Å². The predicted molar refractivity (Wildman–Crippen MR) is 125 cm³/mol. The molecular formula is C24H36OSi2. The van der Waals surface area contributed by atoms with Gasteiger partial charge in [0, 0.05) is 0 Å². The van der Waals surface area contributed by atoms with Crippen molar-refractivity contribution >= 4 is 26.8 Å². The normalized spacial score (nSPS) is 14.1. The van der Waals surface area contributed by atoms with Crippen LogP contribution in [-0.2, 0) is 4.43 Å². The fourth-order valence-corrected chi connectivity index (χ4v) is 7.71. The van der Waals surface area contributed by atoms with Crippen molar-refractivity contribution in [3.8, 4) is 0 Å². The summed E-state index contributed by atoms with van der Waals surface area (Å²) in [6, 6.07) is 22.9. The molecule has 0 saturated carbocycles. The van der Waals surface area contributed by atoms with E-state index in [4.69, 9.17) is 4.43 Å². The second-order valence-corrected chi connectivity index (χ2v) is 17.4. The molecule has 0 spiro atoms. The highest BCUT2D eigenvalue weighted by molar-refractivity contribution is 6.90. The quantitative estimate of drug-likeness (QED) is 0.370. The minimum atomic E-state index is -1.92. The Hall–Kier alpha value is -1.59. The third-order valence-electron chi connectivity index (χ3n) is 5.52. The van der Waals surface area contributed by atoms with Crippen molar-refractivity contribution in [1.82, 2.24) is 0 Å². The number of hydrogen-bond acceptors (Lipinski definition) is 1. The van der Waals surface area contributed by atoms with Gasteiger partial charge in [0.1, 0.15) is 0 Å². The first-order valence-corrected chi connectivity index (χ1v) is 16.3. The molecule has 2 aromatic rings. The summed E-state index contributed by atoms with van der Waals surface area (Å²) in [5.74, 6) is 0.696. The van der Waals surface area contributed by atoms with Crippen molar-refractivity contribution in [3.63, 3.8) is 0 Å². The van der Waals surface area contributed by atoms with E-state index in [1.165, 1.54) is 28.4 Å². The van der Waals surface area contributed by atoms with Crippen LogP contribution in [0.3, 0.4) is 0 Å². The first-order valence-electron chi connectivity index (χ1n) is 10.2. The summed E-state index contributed by atoms with van der Waals surface area (Å²) in [4.78, 5) is 0. The summed E-state index contributed by atoms with van der Waals surface area (Å²) in [7, 11) is -3.45. The highest BCUT2D eigenvalue weighted by Gasteiger charge is 2.28. The molecule has 2 rings (SSSR count). The first kappa shape index (κ1) is 21.7. The van der Waals surface area contributed by atoms with Gasteiger partial charge in [-0.1, -0.05) is 99.2 Å². The lowest BCUT2D eigenvalue weighted by Gasteiger charge is -2.28. The molecule has 1 unspecified atom stereocenters. The highest BCUT2D eigenvalue weighted by Crippen LogP contribution is 2.25. The van der Waals surface area contributed by atoms with E-state index in [1.54, 1.807) is 0 Å². The molecule has 0 amide bonds. The lowest BCUT2D eigenvalue weighted by molar-refractivity contribution is 0.466. The van der Waals surface area contributed by atoms with Gasteiger partial charge in [0.25, 0.3) is 8.32 Å². The van der Waals surface area contributed by atoms with Crippen molar-refractivity contribution in [2.75, 3.05) is 0 Å². The average Bonchev–Trinajstić information content (AvgIpc) is 2.67. The Bertz CT molecular complexity index is 721. The third kappa shape index (κ3) is 6.51. The Labute approximate surface area is 168 Å². The molecule has 0 heterocycles. The minimum absolute atomic E-state index is 0.696. The standard InChI is InChI=1S/C24H36OSi2/c1-7-21(2)18-22(20-26(3,4)23-14-10-8-11-15-23)19-25-27(5,6)24-16-12-9-13-17-24/h8-17,19,21H,7,18,20H2,1-6H3/b22-19+. The van der Waals surface area contributed by atoms with Crippen LogP contribution in [0, 0.1) is 5.92 Å². The molecule has 0 N–H and O–H groups in total. The number of allylic oxidation sites excluding steroid dienone is 1. The van der Waals surface area contributed by atoms with Gasteiger partial charge in [0.05, 0.1) is 14.3 Å². The zero-order valence-corrected chi connectivity index (χ0v) is 20.0. The summed E-state index contributed by atoms with van der Waals surface area (Å²) in [6.07, 6.45) is 4.49. The van der Waals surface area contributed by atoms with Crippen LogP contribution >= 0.6 is 0 Å². The van der Waals surface area contributed by atoms with Gasteiger partial charge in [-0.2, -0.15) is 0 Å². The van der Waals surface area contributed by atoms with Crippen molar-refractivity contribution in [1.29, 1.82) is 0 Å². The average molecular weight is 397 g/mol. The smallest absolute Gasteiger partial charge is 0.276 e. The number of rotatable bonds is 9. The summed E-state index contributed by atoms with van der Waals surface area (Å²) >= 11 is 0. The van der Waals surface area contributed by atoms with Crippen LogP contribution in [0.4, 0.5) is 0 Å². The Kier molecular flexibility index (Phi) is 7.69. The van der Waals surface area contributed by atoms with Crippen LogP contribution in [0.5, 0.6) is 0 Å². The summed E-state index contributed by atoms with van der Waals surface area (Å²) in [5.41, 5.74) is 1.49. The zero-order valence-electron chi connectivity index (χ0n) is 18.0. The van der Waals surface area contributed by atoms with E-state index in [-0.39, 0.29) is 0 Å². The predicted octanol–water partition coefficient (Wildman–Crippen LogP) is 6.05. The molecule has 1 nitrogen and oxygen atoms in total. The fraction of sp³-hybridized carbons (Fsp3) is 0.417. The van der Waals surface area contributed by atoms with E-state index in [2.05, 4.69) is 107 Å². The van der Waals surface area contributed by atoms with Gasteiger partial charge in [-0.3, -0.25) is 0 Å². The fourth-order valence-electron chi connectivity index (χ4n) is 3.45. The number of hydrogen-bond donors (Lipinski definition) is 0. The van der Waals surface area contributed by atoms with Crippen molar-refractivity contribution in [3.05, 3.63) is 72.5 Å². The maximum Gasteiger partial charge on any atom is 0.276 e. The maximum atomic E-state index is 6.50. The summed E-state index contributed by atoms with van der Waals surface area (Å²) in [5, 5.41) is 2.88. The Morgan fingerprint density at radius 3 is 1.93 bits per heavy atom. The second kappa shape index (κ2) is 9.56. The summed E-state index contributed by atoms with van der Waals surface area (Å²) in [6.45, 7) is 14.2. The molecule has 146 valence electrons. The Morgan fingerprint density at radius 1 is 0.889 bits per heavy atom. The van der Waals surface area contributed by atoms with Crippen LogP contribution < -0.4 is 10.4 Å². The molecular weight excluding hydrogens is 360 g/mol. The van der Waals surface area contributed by atoms with Crippen LogP contribution in [0.1, 0.15) is 26.7 Å². The van der Waals surface area contributed by atoms with Crippen LogP contribution in [0.2, 0.25) is 32.2 Å². The van der Waals surface area contributed by atoms with Crippen molar-refractivity contribution < 1.29 is 4.43 Å². The SMILES string of the molecule is CCC(C)C/C(=C\O[Si](C)(C)c1ccccc1)C[Si](C)(C)c1ccccc1. The van der Waals surface area contributed by atoms with Crippen LogP contribution in [0.25, 0.3) is 0 Å². The lowest BCUT2D eigenvalue weighted by atomic mass is 10.0. The topological polar surface area (TPSA) is 9.23 Å². The second-order valence-electron chi connectivity index (χ2n) is 8.91. The number of benzene rings is 2. The first-order chi connectivity index (χ1) is 12.7. The molecule has 0 bridgehead atoms. The van der Waals surface area contributed by atoms with Gasteiger partial charge in [0.2, 0.25) is 0 Å². The third-order valence-corrected chi connectivity index (χ3v) is 11.2. The highest BCUT2D eigenvalue weighted by atomic mass is 28.4. The molecule has 0 aliphatic heterocycles. The van der Waals surface area contributed by atoms with Gasteiger partial charge < -0.3 is 4.43 Å². The summed E-state index contributed by atoms with van der Waals surface area (Å²) < 4.78 is 6.50. The molecule has 0 saturated heterocycles. The van der Waals surface area contributed by atoms with E-state index in [0.717, 1.165) is 6.42 Å². The lowest BCUT2D eigenvalue weighted by Crippen LogP contribution is -2.44. The monoisotopic (exact) mass is 396 g/mol. The van der Waals surface area contributed by atoms with E-state index < -0.39 is 16.4 Å². The molecule has 2 aromatic carbocycles. The molecule has 0 radical (unpaired) electrons. The van der Waals surface area contributed by atoms with E-state index >= 15 is 0 Å². The van der Waals surface area contributed by atoms with Crippen LogP contribution in [0.15, 0.2) is 72.5 Å². The van der Waals surface area contributed by atoms with E-state index in [0.29, 0.717) is 5.92 Å². The Morgan fingerprint density at radius 2 is 1.41 bits per heavy atom. The van der Waals surface area contributed by atoms with Crippen LogP contribution in [-0.4, -0.2) is 16.4 Å². The van der Waals surface area contributed by atoms with E-state index in [1.807, 2.05) is 0 Å². The van der Waals surface area contributed by atoms with Gasteiger partial charge in [-0.15, -0.1) is 0 Å². The molecule has 0 aliphatic carbocycles. The van der Waals surface area contributed by atoms with Gasteiger partial charge in [0.15, 0.2) is 0 Å². The molecule has 27 heavy (non-hydrogen) atoms. The molecule has 0 fully saturated rings. The zero-order chi connectivity index (χ0) is 19.9. The van der Waals surface area contributed by atoms with Gasteiger partial charge in [-0.25, -0.2) is 0 Å². The van der Waals surface area contributed by atoms with Crippen molar-refractivity contribution in [2.45, 2.75) is 58.9 Å². The minimum Gasteiger partial charge on any atom is -0.545 e. The molecule has 1 atom stereocenters. The van der Waals surface area contributed by atoms with Gasteiger partial charge in [-0.05, 0) is 42.2 Å². The maximum absolute atomic E-state index is 6.50. The Balaban J connectivity index is 2.22. The molecule has 3 heteroatoms. The largest absolute Gasteiger partial charge is 0.545 e.